The lowest BCUT2D eigenvalue weighted by Gasteiger charge is -2.15. The summed E-state index contributed by atoms with van der Waals surface area (Å²) in [7, 11) is -0.974. The average molecular weight is 213 g/mol. The summed E-state index contributed by atoms with van der Waals surface area (Å²) >= 11 is 0. The molecule has 1 rings (SSSR count). The van der Waals surface area contributed by atoms with Gasteiger partial charge < -0.3 is 10.5 Å². The van der Waals surface area contributed by atoms with Crippen LogP contribution in [-0.2, 0) is 11.5 Å². The standard InChI is InChI=1S/C9H19N3OSi/c1-14(2,3)5-4-13-8-12-7-11-6-9(12)10/h6-7H,4-5,8,10H2,1-3H3. The maximum Gasteiger partial charge on any atom is 0.125 e. The number of aromatic nitrogens is 2. The topological polar surface area (TPSA) is 53.1 Å². The van der Waals surface area contributed by atoms with E-state index in [2.05, 4.69) is 24.6 Å². The van der Waals surface area contributed by atoms with Crippen molar-refractivity contribution in [3.63, 3.8) is 0 Å². The number of rotatable bonds is 5. The molecule has 0 aliphatic rings. The molecule has 0 fully saturated rings. The Morgan fingerprint density at radius 2 is 2.21 bits per heavy atom. The molecule has 1 aromatic rings. The SMILES string of the molecule is C[Si](C)(C)CCOCn1cncc1N. The van der Waals surface area contributed by atoms with E-state index in [1.165, 1.54) is 6.04 Å². The Bertz CT molecular complexity index is 280. The molecule has 0 amide bonds. The highest BCUT2D eigenvalue weighted by Gasteiger charge is 2.11. The summed E-state index contributed by atoms with van der Waals surface area (Å²) in [6, 6.07) is 1.18. The molecule has 80 valence electrons. The number of anilines is 1. The zero-order chi connectivity index (χ0) is 10.6. The number of nitrogens with zero attached hydrogens (tertiary/aromatic N) is 2. The van der Waals surface area contributed by atoms with Crippen molar-refractivity contribution in [2.45, 2.75) is 32.4 Å². The van der Waals surface area contributed by atoms with E-state index >= 15 is 0 Å². The minimum Gasteiger partial charge on any atom is -0.384 e. The Morgan fingerprint density at radius 1 is 1.50 bits per heavy atom. The van der Waals surface area contributed by atoms with Crippen molar-refractivity contribution in [1.29, 1.82) is 0 Å². The van der Waals surface area contributed by atoms with Crippen LogP contribution in [0.25, 0.3) is 0 Å². The van der Waals surface area contributed by atoms with Crippen molar-refractivity contribution in [1.82, 2.24) is 9.55 Å². The average Bonchev–Trinajstić information content (AvgIpc) is 2.44. The molecule has 2 N–H and O–H groups in total. The van der Waals surface area contributed by atoms with Crippen LogP contribution < -0.4 is 5.73 Å². The molecule has 0 atom stereocenters. The van der Waals surface area contributed by atoms with E-state index in [-0.39, 0.29) is 0 Å². The van der Waals surface area contributed by atoms with Crippen molar-refractivity contribution in [2.75, 3.05) is 12.3 Å². The smallest absolute Gasteiger partial charge is 0.125 e. The summed E-state index contributed by atoms with van der Waals surface area (Å²) < 4.78 is 7.31. The van der Waals surface area contributed by atoms with Crippen molar-refractivity contribution in [2.24, 2.45) is 0 Å². The number of nitrogen functional groups attached to an aromatic ring is 1. The second-order valence-corrected chi connectivity index (χ2v) is 10.3. The van der Waals surface area contributed by atoms with Crippen LogP contribution in [-0.4, -0.2) is 24.2 Å². The van der Waals surface area contributed by atoms with Gasteiger partial charge in [-0.25, -0.2) is 4.98 Å². The summed E-state index contributed by atoms with van der Waals surface area (Å²) in [5, 5.41) is 0. The van der Waals surface area contributed by atoms with Crippen molar-refractivity contribution < 1.29 is 4.74 Å². The van der Waals surface area contributed by atoms with E-state index in [9.17, 15) is 0 Å². The highest BCUT2D eigenvalue weighted by atomic mass is 28.3. The predicted octanol–water partition coefficient (Wildman–Crippen LogP) is 1.78. The van der Waals surface area contributed by atoms with Crippen LogP contribution in [0, 0.1) is 0 Å². The van der Waals surface area contributed by atoms with Gasteiger partial charge in [0, 0.05) is 14.7 Å². The van der Waals surface area contributed by atoms with Crippen LogP contribution in [0.1, 0.15) is 0 Å². The molecule has 0 unspecified atom stereocenters. The molecule has 0 aliphatic carbocycles. The Kier molecular flexibility index (Phi) is 3.71. The third-order valence-electron chi connectivity index (χ3n) is 1.97. The van der Waals surface area contributed by atoms with E-state index in [1.807, 2.05) is 0 Å². The quantitative estimate of drug-likeness (QED) is 0.599. The van der Waals surface area contributed by atoms with Gasteiger partial charge in [0.1, 0.15) is 12.5 Å². The van der Waals surface area contributed by atoms with E-state index in [0.29, 0.717) is 12.5 Å². The Labute approximate surface area is 86.1 Å². The maximum absolute atomic E-state index is 5.64. The molecular formula is C9H19N3OSi. The first-order valence-electron chi connectivity index (χ1n) is 4.82. The Balaban J connectivity index is 2.20. The van der Waals surface area contributed by atoms with Gasteiger partial charge in [-0.15, -0.1) is 0 Å². The largest absolute Gasteiger partial charge is 0.384 e. The summed E-state index contributed by atoms with van der Waals surface area (Å²) in [4.78, 5) is 3.92. The molecular weight excluding hydrogens is 194 g/mol. The van der Waals surface area contributed by atoms with Gasteiger partial charge in [0.2, 0.25) is 0 Å². The zero-order valence-corrected chi connectivity index (χ0v) is 10.2. The highest BCUT2D eigenvalue weighted by Crippen LogP contribution is 2.08. The molecule has 0 aromatic carbocycles. The molecule has 1 aromatic heterocycles. The van der Waals surface area contributed by atoms with Gasteiger partial charge in [-0.3, -0.25) is 4.57 Å². The van der Waals surface area contributed by atoms with Crippen LogP contribution in [0.2, 0.25) is 25.7 Å². The maximum atomic E-state index is 5.64. The highest BCUT2D eigenvalue weighted by molar-refractivity contribution is 6.76. The molecule has 14 heavy (non-hydrogen) atoms. The number of ether oxygens (including phenoxy) is 1. The van der Waals surface area contributed by atoms with E-state index < -0.39 is 8.07 Å². The fourth-order valence-corrected chi connectivity index (χ4v) is 1.74. The van der Waals surface area contributed by atoms with Gasteiger partial charge in [-0.2, -0.15) is 0 Å². The Hall–Kier alpha value is -0.813. The predicted molar refractivity (Wildman–Crippen MR) is 60.7 cm³/mol. The van der Waals surface area contributed by atoms with Crippen LogP contribution in [0.15, 0.2) is 12.5 Å². The van der Waals surface area contributed by atoms with E-state index in [0.717, 1.165) is 6.61 Å². The Morgan fingerprint density at radius 3 is 2.71 bits per heavy atom. The van der Waals surface area contributed by atoms with Crippen molar-refractivity contribution in [3.05, 3.63) is 12.5 Å². The number of hydrogen-bond acceptors (Lipinski definition) is 3. The van der Waals surface area contributed by atoms with Crippen molar-refractivity contribution >= 4 is 13.9 Å². The van der Waals surface area contributed by atoms with Crippen LogP contribution >= 0.6 is 0 Å². The molecule has 4 nitrogen and oxygen atoms in total. The summed E-state index contributed by atoms with van der Waals surface area (Å²) in [5.41, 5.74) is 5.64. The van der Waals surface area contributed by atoms with Crippen LogP contribution in [0.5, 0.6) is 0 Å². The zero-order valence-electron chi connectivity index (χ0n) is 9.16. The molecule has 0 radical (unpaired) electrons. The van der Waals surface area contributed by atoms with Crippen LogP contribution in [0.3, 0.4) is 0 Å². The molecule has 5 heteroatoms. The molecule has 1 heterocycles. The third-order valence-corrected chi connectivity index (χ3v) is 3.68. The molecule has 0 spiro atoms. The van der Waals surface area contributed by atoms with Crippen molar-refractivity contribution in [3.8, 4) is 0 Å². The fraction of sp³-hybridized carbons (Fsp3) is 0.667. The lowest BCUT2D eigenvalue weighted by atomic mass is 10.7. The first kappa shape index (κ1) is 11.3. The first-order chi connectivity index (χ1) is 6.49. The van der Waals surface area contributed by atoms with Gasteiger partial charge in [0.15, 0.2) is 0 Å². The fourth-order valence-electron chi connectivity index (χ4n) is 0.980. The van der Waals surface area contributed by atoms with E-state index in [1.54, 1.807) is 17.1 Å². The molecule has 0 saturated heterocycles. The minimum atomic E-state index is -0.974. The van der Waals surface area contributed by atoms with Gasteiger partial charge in [-0.1, -0.05) is 19.6 Å². The third kappa shape index (κ3) is 3.93. The summed E-state index contributed by atoms with van der Waals surface area (Å²) in [5.74, 6) is 0.651. The second-order valence-electron chi connectivity index (χ2n) is 4.64. The molecule has 0 bridgehead atoms. The number of imidazole rings is 1. The van der Waals surface area contributed by atoms with Gasteiger partial charge in [0.25, 0.3) is 0 Å². The first-order valence-corrected chi connectivity index (χ1v) is 8.53. The number of hydrogen-bond donors (Lipinski definition) is 1. The second kappa shape index (κ2) is 4.61. The van der Waals surface area contributed by atoms with E-state index in [4.69, 9.17) is 10.5 Å². The van der Waals surface area contributed by atoms with Gasteiger partial charge >= 0.3 is 0 Å². The monoisotopic (exact) mass is 213 g/mol. The normalized spacial score (nSPS) is 11.9. The summed E-state index contributed by atoms with van der Waals surface area (Å²) in [6.07, 6.45) is 3.31. The lowest BCUT2D eigenvalue weighted by molar-refractivity contribution is 0.0885. The summed E-state index contributed by atoms with van der Waals surface area (Å²) in [6.45, 7) is 8.33. The van der Waals surface area contributed by atoms with Gasteiger partial charge in [-0.05, 0) is 6.04 Å². The lowest BCUT2D eigenvalue weighted by Crippen LogP contribution is -2.22. The molecule has 0 aliphatic heterocycles. The number of nitrogens with two attached hydrogens (primary N) is 1. The van der Waals surface area contributed by atoms with Crippen LogP contribution in [0.4, 0.5) is 5.82 Å². The minimum absolute atomic E-state index is 0.510. The molecule has 0 saturated carbocycles. The van der Waals surface area contributed by atoms with Gasteiger partial charge in [0.05, 0.1) is 12.5 Å².